The van der Waals surface area contributed by atoms with Crippen LogP contribution in [0.5, 0.6) is 0 Å². The van der Waals surface area contributed by atoms with Crippen molar-refractivity contribution < 1.29 is 19.8 Å². The molecular weight excluding hydrogens is 1500 g/mol. The largest absolute Gasteiger partial charge is 0.481 e. The van der Waals surface area contributed by atoms with Gasteiger partial charge in [-0.05, 0) is 218 Å². The van der Waals surface area contributed by atoms with Crippen molar-refractivity contribution >= 4 is 132 Å². The number of hydrogen-bond acceptors (Lipinski definition) is 17. The van der Waals surface area contributed by atoms with Gasteiger partial charge in [-0.1, -0.05) is 94.7 Å². The molecule has 109 heavy (non-hydrogen) atoms. The van der Waals surface area contributed by atoms with Crippen LogP contribution in [0.3, 0.4) is 0 Å². The monoisotopic (exact) mass is 1590 g/mol. The number of carboxylic acids is 2. The van der Waals surface area contributed by atoms with E-state index in [4.69, 9.17) is 115 Å². The zero-order valence-electron chi connectivity index (χ0n) is 62.2. The van der Waals surface area contributed by atoms with E-state index >= 15 is 0 Å². The van der Waals surface area contributed by atoms with Crippen molar-refractivity contribution in [2.75, 3.05) is 93.2 Å². The number of nitrogens with zero attached hydrogens (tertiary/aromatic N) is 18. The van der Waals surface area contributed by atoms with Gasteiger partial charge in [-0.25, -0.2) is 43.9 Å². The van der Waals surface area contributed by atoms with Gasteiger partial charge in [0.25, 0.3) is 0 Å². The number of anilines is 3. The van der Waals surface area contributed by atoms with Crippen LogP contribution >= 0.6 is 69.6 Å². The number of aromatic nitrogens is 12. The lowest BCUT2D eigenvalue weighted by Gasteiger charge is -2.52. The highest BCUT2D eigenvalue weighted by molar-refractivity contribution is 6.36. The van der Waals surface area contributed by atoms with Crippen molar-refractivity contribution in [1.29, 1.82) is 0 Å². The second kappa shape index (κ2) is 29.7. The fourth-order valence-electron chi connectivity index (χ4n) is 20.4. The van der Waals surface area contributed by atoms with Crippen molar-refractivity contribution in [3.63, 3.8) is 0 Å². The summed E-state index contributed by atoms with van der Waals surface area (Å²) in [4.78, 5) is 71.2. The van der Waals surface area contributed by atoms with Gasteiger partial charge < -0.3 is 29.8 Å². The van der Waals surface area contributed by atoms with E-state index in [9.17, 15) is 19.8 Å². The predicted octanol–water partition coefficient (Wildman–Crippen LogP) is 15.3. The van der Waals surface area contributed by atoms with Crippen LogP contribution in [0.25, 0.3) is 33.5 Å². The number of fused-ring (bicyclic) bond motifs is 3. The molecule has 3 aliphatic carbocycles. The second-order valence-electron chi connectivity index (χ2n) is 34.0. The van der Waals surface area contributed by atoms with E-state index in [1.807, 2.05) is 92.6 Å². The second-order valence-corrected chi connectivity index (χ2v) is 36.6. The number of halogens is 6. The SMILES string of the molecule is Cc1nn([C@H](C)c2ccc(Cl)cc2Cl)c2nc(N3CC([C@@H]4CC(C[C@H](c5ccc(Cl)cc5Cl)n5nc(C)c6ncc(N7CC([C@H]8CC(C[C@H](c9ccc(Cl)cc9Cl)n9nc(C)c%10ncc(N%11CC([C@@H]%12CCCN(C%13CC(C)C%13)C%12)C%11)nc%109)CN(C9CC(C(=O)O)C9)C8)C7)nc65)CN(C5CC(C(=O)O)C5)C4)C3)cnc12. The maximum atomic E-state index is 12.4. The summed E-state index contributed by atoms with van der Waals surface area (Å²) in [5, 5.41) is 39.2. The maximum Gasteiger partial charge on any atom is 0.306 e. The number of rotatable bonds is 21. The van der Waals surface area contributed by atoms with Gasteiger partial charge in [0, 0.05) is 120 Å². The van der Waals surface area contributed by atoms with Gasteiger partial charge in [0.2, 0.25) is 0 Å². The Labute approximate surface area is 665 Å². The van der Waals surface area contributed by atoms with E-state index in [2.05, 4.69) is 52.6 Å². The zero-order valence-corrected chi connectivity index (χ0v) is 66.8. The minimum absolute atomic E-state index is 0.170. The topological polar surface area (TPSA) is 225 Å². The van der Waals surface area contributed by atoms with E-state index in [1.54, 1.807) is 6.07 Å². The lowest BCUT2D eigenvalue weighted by Crippen LogP contribution is -2.58. The molecule has 8 atom stereocenters. The van der Waals surface area contributed by atoms with Crippen molar-refractivity contribution in [2.24, 2.45) is 65.1 Å². The summed E-state index contributed by atoms with van der Waals surface area (Å²) in [6.07, 6.45) is 16.8. The minimum atomic E-state index is -0.727. The highest BCUT2D eigenvalue weighted by atomic mass is 35.5. The van der Waals surface area contributed by atoms with Crippen molar-refractivity contribution in [3.8, 4) is 0 Å². The van der Waals surface area contributed by atoms with Crippen LogP contribution in [0, 0.1) is 85.9 Å². The molecule has 9 aromatic rings. The minimum Gasteiger partial charge on any atom is -0.481 e. The Balaban J connectivity index is 0.596. The van der Waals surface area contributed by atoms with Gasteiger partial charge in [-0.15, -0.1) is 0 Å². The Morgan fingerprint density at radius 3 is 1.21 bits per heavy atom. The fraction of sp³-hybridized carbons (Fsp3) is 0.568. The molecule has 12 heterocycles. The van der Waals surface area contributed by atoms with Crippen LogP contribution in [-0.2, 0) is 9.59 Å². The van der Waals surface area contributed by atoms with Gasteiger partial charge >= 0.3 is 11.9 Å². The Morgan fingerprint density at radius 1 is 0.450 bits per heavy atom. The highest BCUT2D eigenvalue weighted by Crippen LogP contribution is 2.48. The first-order valence-electron chi connectivity index (χ1n) is 39.5. The molecule has 0 amide bonds. The molecule has 3 aromatic carbocycles. The first-order chi connectivity index (χ1) is 52.5. The Morgan fingerprint density at radius 2 is 0.817 bits per heavy atom. The molecule has 6 aliphatic heterocycles. The van der Waals surface area contributed by atoms with Gasteiger partial charge in [0.05, 0.1) is 65.6 Å². The number of carbonyl (C=O) groups is 2. The lowest BCUT2D eigenvalue weighted by molar-refractivity contribution is -0.148. The first kappa shape index (κ1) is 73.7. The summed E-state index contributed by atoms with van der Waals surface area (Å²) < 4.78 is 6.07. The molecule has 9 fully saturated rings. The number of carboxylic acid groups (broad SMARTS) is 2. The molecule has 0 spiro atoms. The molecule has 2 unspecified atom stereocenters. The fourth-order valence-corrected chi connectivity index (χ4v) is 22.1. The number of hydrogen-bond donors (Lipinski definition) is 2. The molecule has 9 aliphatic rings. The number of likely N-dealkylation sites (tertiary alicyclic amines) is 3. The van der Waals surface area contributed by atoms with Crippen molar-refractivity contribution in [2.45, 2.75) is 148 Å². The van der Waals surface area contributed by atoms with Crippen LogP contribution in [-0.4, -0.2) is 193 Å². The third-order valence-electron chi connectivity index (χ3n) is 27.0. The van der Waals surface area contributed by atoms with Gasteiger partial charge in [0.1, 0.15) is 34.0 Å². The Bertz CT molecular complexity index is 4960. The molecule has 0 bridgehead atoms. The standard InChI is InChI=1S/C81H94Cl6N18O4/c1-42-15-60(16-42)97-14-6-7-49(33-97)54-36-100(37-54)72-29-89-75-44(3)95-104(78(75)92-72)69(64-12-9-58(83)26-67(64)86)19-48-18-53(35-99(32-48)62-23-51(24-62)81(108)109)56-40-102(41-56)73-30-90-76-45(4)96-105(79(76)93-73)70(65-13-10-59(84)27-68(65)87)20-47-17-52(34-98(31-47)61-21-50(22-61)80(106)107)55-38-101(39-55)71-28-88-74-43(2)94-103(77(74)91-71)46(5)63-11-8-57(82)25-66(63)85/h8-13,25-30,42,46-56,60-62,69-70H,6-7,14-24,31-41H2,1-5H3,(H,106,107)(H,108,109)/t42?,46-,47?,48?,49-,50?,51?,52-,53+,60?,61?,62?,69-,70-/m1/s1. The summed E-state index contributed by atoms with van der Waals surface area (Å²) in [6.45, 7) is 21.4. The Hall–Kier alpha value is -6.73. The molecular formula is C81H94Cl6N18O4. The summed E-state index contributed by atoms with van der Waals surface area (Å²) >= 11 is 41.1. The quantitative estimate of drug-likeness (QED) is 0.0682. The summed E-state index contributed by atoms with van der Waals surface area (Å²) in [5.74, 6) is 4.19. The molecule has 22 nitrogen and oxygen atoms in total. The van der Waals surface area contributed by atoms with E-state index < -0.39 is 11.9 Å². The van der Waals surface area contributed by atoms with Crippen LogP contribution in [0.1, 0.15) is 143 Å². The molecule has 6 aromatic heterocycles. The van der Waals surface area contributed by atoms with Crippen LogP contribution < -0.4 is 14.7 Å². The molecule has 574 valence electrons. The third kappa shape index (κ3) is 14.2. The summed E-state index contributed by atoms with van der Waals surface area (Å²) in [6, 6.07) is 17.3. The normalized spacial score (nSPS) is 27.6. The third-order valence-corrected chi connectivity index (χ3v) is 28.7. The number of aliphatic carboxylic acids is 2. The highest BCUT2D eigenvalue weighted by Gasteiger charge is 2.49. The van der Waals surface area contributed by atoms with Crippen molar-refractivity contribution in [3.05, 3.63) is 137 Å². The van der Waals surface area contributed by atoms with Crippen LogP contribution in [0.4, 0.5) is 17.5 Å². The maximum absolute atomic E-state index is 12.4. The smallest absolute Gasteiger partial charge is 0.306 e. The average Bonchev–Trinajstić information content (AvgIpc) is 1.72. The van der Waals surface area contributed by atoms with E-state index in [-0.39, 0.29) is 53.9 Å². The van der Waals surface area contributed by atoms with Crippen molar-refractivity contribution in [1.82, 2.24) is 73.9 Å². The summed E-state index contributed by atoms with van der Waals surface area (Å²) in [5.41, 5.74) is 9.46. The number of piperidine rings is 3. The van der Waals surface area contributed by atoms with Gasteiger partial charge in [-0.2, -0.15) is 15.3 Å². The van der Waals surface area contributed by atoms with E-state index in [1.165, 1.54) is 38.8 Å². The predicted molar refractivity (Wildman–Crippen MR) is 427 cm³/mol. The summed E-state index contributed by atoms with van der Waals surface area (Å²) in [7, 11) is 0. The zero-order chi connectivity index (χ0) is 75.1. The van der Waals surface area contributed by atoms with Gasteiger partial charge in [-0.3, -0.25) is 19.4 Å². The van der Waals surface area contributed by atoms with Crippen LogP contribution in [0.2, 0.25) is 30.1 Å². The van der Waals surface area contributed by atoms with E-state index in [0.29, 0.717) is 109 Å². The molecule has 2 N–H and O–H groups in total. The first-order valence-corrected chi connectivity index (χ1v) is 41.7. The molecule has 0 radical (unpaired) electrons. The van der Waals surface area contributed by atoms with Crippen LogP contribution in [0.15, 0.2) is 73.2 Å². The number of aryl methyl sites for hydroxylation is 3. The molecule has 6 saturated heterocycles. The average molecular weight is 1600 g/mol. The molecule has 3 saturated carbocycles. The molecule has 18 rings (SSSR count). The van der Waals surface area contributed by atoms with Gasteiger partial charge in [0.15, 0.2) is 16.9 Å². The lowest BCUT2D eigenvalue weighted by atomic mass is 9.72. The molecule has 28 heteroatoms. The van der Waals surface area contributed by atoms with E-state index in [0.717, 1.165) is 170 Å². The number of benzene rings is 3. The Kier molecular flexibility index (Phi) is 20.1.